The molecule has 0 saturated carbocycles. The number of piperidine rings is 1. The third kappa shape index (κ3) is 3.09. The number of halogens is 1. The van der Waals surface area contributed by atoms with Crippen LogP contribution in [-0.2, 0) is 6.42 Å². The molecule has 0 aliphatic carbocycles. The second-order valence-corrected chi connectivity index (χ2v) is 6.12. The van der Waals surface area contributed by atoms with E-state index in [1.54, 1.807) is 6.92 Å². The highest BCUT2D eigenvalue weighted by Gasteiger charge is 2.28. The largest absolute Gasteiger partial charge is 0.445 e. The van der Waals surface area contributed by atoms with Crippen LogP contribution in [0.3, 0.4) is 0 Å². The van der Waals surface area contributed by atoms with Gasteiger partial charge in [0.1, 0.15) is 6.17 Å². The van der Waals surface area contributed by atoms with Crippen molar-refractivity contribution in [1.82, 2.24) is 4.90 Å². The second kappa shape index (κ2) is 6.95. The lowest BCUT2D eigenvalue weighted by atomic mass is 10.0. The summed E-state index contributed by atoms with van der Waals surface area (Å²) < 4.78 is 20.2. The van der Waals surface area contributed by atoms with Gasteiger partial charge in [-0.15, -0.1) is 0 Å². The lowest BCUT2D eigenvalue weighted by Crippen LogP contribution is -2.46. The number of benzene rings is 1. The maximum absolute atomic E-state index is 14.3. The molecule has 3 rings (SSSR count). The van der Waals surface area contributed by atoms with Crippen LogP contribution in [0.1, 0.15) is 24.7 Å². The summed E-state index contributed by atoms with van der Waals surface area (Å²) >= 11 is 0. The van der Waals surface area contributed by atoms with Gasteiger partial charge < -0.3 is 14.6 Å². The van der Waals surface area contributed by atoms with E-state index < -0.39 is 6.17 Å². The first-order valence-electron chi connectivity index (χ1n) is 8.07. The number of fused-ring (bicyclic) bond motifs is 1. The van der Waals surface area contributed by atoms with Crippen molar-refractivity contribution in [2.75, 3.05) is 25.5 Å². The molecule has 0 amide bonds. The first kappa shape index (κ1) is 16.4. The first-order chi connectivity index (χ1) is 11.6. The SMILES string of the molecule is CC#Cc1oc2c(N[C@H]3CCN(C)C[C@H]3F)cccc2c1CC#N. The Morgan fingerprint density at radius 1 is 1.46 bits per heavy atom. The lowest BCUT2D eigenvalue weighted by molar-refractivity contribution is 0.149. The van der Waals surface area contributed by atoms with Gasteiger partial charge in [-0.3, -0.25) is 0 Å². The zero-order valence-corrected chi connectivity index (χ0v) is 13.9. The van der Waals surface area contributed by atoms with E-state index in [1.165, 1.54) is 0 Å². The van der Waals surface area contributed by atoms with Gasteiger partial charge in [0.05, 0.1) is 24.2 Å². The fourth-order valence-corrected chi connectivity index (χ4v) is 3.17. The van der Waals surface area contributed by atoms with E-state index in [-0.39, 0.29) is 12.5 Å². The number of para-hydroxylation sites is 1. The zero-order valence-electron chi connectivity index (χ0n) is 13.9. The molecule has 5 heteroatoms. The Balaban J connectivity index is 1.98. The monoisotopic (exact) mass is 325 g/mol. The smallest absolute Gasteiger partial charge is 0.182 e. The van der Waals surface area contributed by atoms with Crippen LogP contribution in [0.25, 0.3) is 11.0 Å². The Bertz CT molecular complexity index is 840. The molecule has 2 aromatic rings. The number of alkyl halides is 1. The maximum atomic E-state index is 14.3. The van der Waals surface area contributed by atoms with Crippen molar-refractivity contribution in [3.8, 4) is 17.9 Å². The Hall–Kier alpha value is -2.50. The van der Waals surface area contributed by atoms with E-state index in [0.29, 0.717) is 17.9 Å². The molecular formula is C19H20FN3O. The van der Waals surface area contributed by atoms with Gasteiger partial charge in [-0.1, -0.05) is 18.1 Å². The molecule has 24 heavy (non-hydrogen) atoms. The number of hydrogen-bond acceptors (Lipinski definition) is 4. The molecule has 1 aliphatic heterocycles. The molecule has 1 aromatic carbocycles. The normalized spacial score (nSPS) is 21.1. The lowest BCUT2D eigenvalue weighted by Gasteiger charge is -2.33. The highest BCUT2D eigenvalue weighted by atomic mass is 19.1. The van der Waals surface area contributed by atoms with Gasteiger partial charge >= 0.3 is 0 Å². The Morgan fingerprint density at radius 3 is 3.00 bits per heavy atom. The van der Waals surface area contributed by atoms with Crippen LogP contribution in [-0.4, -0.2) is 37.3 Å². The van der Waals surface area contributed by atoms with Crippen molar-refractivity contribution < 1.29 is 8.81 Å². The molecule has 1 fully saturated rings. The first-order valence-corrected chi connectivity index (χ1v) is 8.07. The minimum atomic E-state index is -0.928. The highest BCUT2D eigenvalue weighted by molar-refractivity contribution is 5.93. The number of rotatable bonds is 3. The zero-order chi connectivity index (χ0) is 17.1. The van der Waals surface area contributed by atoms with Gasteiger partial charge in [0, 0.05) is 24.0 Å². The summed E-state index contributed by atoms with van der Waals surface area (Å²) in [5.41, 5.74) is 2.20. The molecular weight excluding hydrogens is 305 g/mol. The molecule has 0 spiro atoms. The van der Waals surface area contributed by atoms with Crippen molar-refractivity contribution in [3.63, 3.8) is 0 Å². The average molecular weight is 325 g/mol. The standard InChI is InChI=1S/C19H20FN3O/c1-3-5-18-13(8-10-21)14-6-4-7-17(19(14)24-18)22-16-9-11-23(2)12-15(16)20/h4,6-7,15-16,22H,8-9,11-12H2,1-2H3/t15-,16+/m1/s1. The van der Waals surface area contributed by atoms with Crippen LogP contribution in [0.15, 0.2) is 22.6 Å². The number of nitrogens with zero attached hydrogens (tertiary/aromatic N) is 2. The molecule has 4 nitrogen and oxygen atoms in total. The summed E-state index contributed by atoms with van der Waals surface area (Å²) in [6.45, 7) is 3.02. The average Bonchev–Trinajstić information content (AvgIpc) is 2.90. The quantitative estimate of drug-likeness (QED) is 0.880. The molecule has 0 bridgehead atoms. The van der Waals surface area contributed by atoms with Crippen molar-refractivity contribution in [2.45, 2.75) is 32.0 Å². The van der Waals surface area contributed by atoms with E-state index in [9.17, 15) is 4.39 Å². The predicted octanol–water partition coefficient (Wildman–Crippen LogP) is 3.32. The van der Waals surface area contributed by atoms with E-state index in [1.807, 2.05) is 30.1 Å². The van der Waals surface area contributed by atoms with Crippen LogP contribution in [0, 0.1) is 23.2 Å². The second-order valence-electron chi connectivity index (χ2n) is 6.12. The third-order valence-electron chi connectivity index (χ3n) is 4.40. The van der Waals surface area contributed by atoms with E-state index in [0.717, 1.165) is 29.6 Å². The van der Waals surface area contributed by atoms with Gasteiger partial charge in [-0.05, 0) is 32.4 Å². The third-order valence-corrected chi connectivity index (χ3v) is 4.40. The summed E-state index contributed by atoms with van der Waals surface area (Å²) in [5.74, 6) is 6.25. The van der Waals surface area contributed by atoms with Crippen LogP contribution >= 0.6 is 0 Å². The number of furan rings is 1. The van der Waals surface area contributed by atoms with E-state index >= 15 is 0 Å². The number of anilines is 1. The molecule has 124 valence electrons. The van der Waals surface area contributed by atoms with Gasteiger partial charge in [-0.25, -0.2) is 4.39 Å². The number of hydrogen-bond donors (Lipinski definition) is 1. The van der Waals surface area contributed by atoms with Crippen LogP contribution in [0.4, 0.5) is 10.1 Å². The molecule has 1 saturated heterocycles. The predicted molar refractivity (Wildman–Crippen MR) is 92.5 cm³/mol. The van der Waals surface area contributed by atoms with Crippen molar-refractivity contribution >= 4 is 16.7 Å². The summed E-state index contributed by atoms with van der Waals surface area (Å²) in [4.78, 5) is 2.00. The molecule has 1 aliphatic rings. The minimum Gasteiger partial charge on any atom is -0.445 e. The number of nitrogens with one attached hydrogen (secondary N) is 1. The number of likely N-dealkylation sites (tertiary alicyclic amines) is 1. The molecule has 0 unspecified atom stereocenters. The minimum absolute atomic E-state index is 0.237. The topological polar surface area (TPSA) is 52.2 Å². The Morgan fingerprint density at radius 2 is 2.29 bits per heavy atom. The molecule has 2 heterocycles. The molecule has 1 N–H and O–H groups in total. The Kier molecular flexibility index (Phi) is 4.74. The van der Waals surface area contributed by atoms with Gasteiger partial charge in [-0.2, -0.15) is 5.26 Å². The van der Waals surface area contributed by atoms with Crippen LogP contribution in [0.5, 0.6) is 0 Å². The highest BCUT2D eigenvalue weighted by Crippen LogP contribution is 2.32. The molecule has 0 radical (unpaired) electrons. The van der Waals surface area contributed by atoms with E-state index in [2.05, 4.69) is 23.2 Å². The summed E-state index contributed by atoms with van der Waals surface area (Å²) in [5, 5.41) is 13.2. The fourth-order valence-electron chi connectivity index (χ4n) is 3.17. The molecule has 1 aromatic heterocycles. The maximum Gasteiger partial charge on any atom is 0.182 e. The Labute approximate surface area is 141 Å². The van der Waals surface area contributed by atoms with Crippen LogP contribution in [0.2, 0.25) is 0 Å². The molecule has 2 atom stereocenters. The number of nitriles is 1. The summed E-state index contributed by atoms with van der Waals surface area (Å²) in [6, 6.07) is 7.62. The van der Waals surface area contributed by atoms with E-state index in [4.69, 9.17) is 9.68 Å². The van der Waals surface area contributed by atoms with Crippen LogP contribution < -0.4 is 5.32 Å². The van der Waals surface area contributed by atoms with Gasteiger partial charge in [0.25, 0.3) is 0 Å². The summed E-state index contributed by atoms with van der Waals surface area (Å²) in [7, 11) is 1.93. The van der Waals surface area contributed by atoms with Crippen molar-refractivity contribution in [3.05, 3.63) is 29.5 Å². The fraction of sp³-hybridized carbons (Fsp3) is 0.421. The van der Waals surface area contributed by atoms with Crippen molar-refractivity contribution in [2.24, 2.45) is 0 Å². The van der Waals surface area contributed by atoms with Gasteiger partial charge in [0.15, 0.2) is 11.3 Å². The summed E-state index contributed by atoms with van der Waals surface area (Å²) in [6.07, 6.45) is 0.0458. The van der Waals surface area contributed by atoms with Gasteiger partial charge in [0.2, 0.25) is 0 Å². The van der Waals surface area contributed by atoms with Crippen molar-refractivity contribution in [1.29, 1.82) is 5.26 Å².